The summed E-state index contributed by atoms with van der Waals surface area (Å²) in [6.45, 7) is 0. The maximum absolute atomic E-state index is 8.50. The first-order valence-electron chi connectivity index (χ1n) is 3.67. The summed E-state index contributed by atoms with van der Waals surface area (Å²) in [6, 6.07) is 5.19. The van der Waals surface area contributed by atoms with Crippen LogP contribution in [0.2, 0.25) is 0 Å². The largest absolute Gasteiger partial charge is 0.569 e. The first kappa shape index (κ1) is 9.73. The van der Waals surface area contributed by atoms with Crippen LogP contribution in [-0.2, 0) is 0 Å². The van der Waals surface area contributed by atoms with Crippen molar-refractivity contribution in [3.8, 4) is 17.2 Å². The maximum Gasteiger partial charge on any atom is 0.569 e. The molecule has 0 aromatic heterocycles. The lowest BCUT2D eigenvalue weighted by atomic mass is 10.2. The number of methoxy groups -OCH3 is 2. The van der Waals surface area contributed by atoms with Crippen LogP contribution in [-0.4, -0.2) is 26.9 Å². The highest BCUT2D eigenvalue weighted by atomic mass is 16.5. The first-order valence-corrected chi connectivity index (χ1v) is 3.67. The molecule has 69 valence electrons. The number of ether oxygens (including phenoxy) is 2. The zero-order valence-corrected chi connectivity index (χ0v) is 7.48. The van der Waals surface area contributed by atoms with Crippen molar-refractivity contribution in [3.05, 3.63) is 18.2 Å². The van der Waals surface area contributed by atoms with Gasteiger partial charge in [0, 0.05) is 0 Å². The van der Waals surface area contributed by atoms with Crippen molar-refractivity contribution >= 4 is 7.69 Å². The molecule has 0 aliphatic carbocycles. The zero-order valence-electron chi connectivity index (χ0n) is 7.48. The fourth-order valence-corrected chi connectivity index (χ4v) is 0.986. The lowest BCUT2D eigenvalue weighted by molar-refractivity contribution is 0.351. The fourth-order valence-electron chi connectivity index (χ4n) is 0.986. The molecule has 1 radical (unpaired) electrons. The van der Waals surface area contributed by atoms with E-state index in [-0.39, 0.29) is 0 Å². The van der Waals surface area contributed by atoms with E-state index in [1.807, 2.05) is 0 Å². The Morgan fingerprint density at radius 2 is 1.69 bits per heavy atom. The van der Waals surface area contributed by atoms with E-state index in [1.165, 1.54) is 14.2 Å². The van der Waals surface area contributed by atoms with E-state index < -0.39 is 0 Å². The molecule has 1 rings (SSSR count). The Hall–Kier alpha value is -1.36. The Morgan fingerprint density at radius 1 is 1.15 bits per heavy atom. The average molecular weight is 181 g/mol. The average Bonchev–Trinajstić information content (AvgIpc) is 2.18. The second kappa shape index (κ2) is 4.62. The van der Waals surface area contributed by atoms with Crippen LogP contribution in [0.1, 0.15) is 0 Å². The van der Waals surface area contributed by atoms with Gasteiger partial charge in [-0.15, -0.1) is 0 Å². The molecule has 0 atom stereocenters. The first-order chi connectivity index (χ1) is 6.33. The monoisotopic (exact) mass is 181 g/mol. The summed E-state index contributed by atoms with van der Waals surface area (Å²) in [5.74, 6) is 1.37. The molecule has 1 aromatic rings. The second-order valence-corrected chi connectivity index (χ2v) is 2.21. The Morgan fingerprint density at radius 3 is 2.08 bits per heavy atom. The Kier molecular flexibility index (Phi) is 3.46. The predicted molar refractivity (Wildman–Crippen MR) is 48.1 cm³/mol. The SMILES string of the molecule is COc1cccc(OC)c1O[B]O. The van der Waals surface area contributed by atoms with Gasteiger partial charge in [-0.05, 0) is 12.1 Å². The van der Waals surface area contributed by atoms with Gasteiger partial charge in [-0.2, -0.15) is 0 Å². The second-order valence-electron chi connectivity index (χ2n) is 2.21. The smallest absolute Gasteiger partial charge is 0.532 e. The molecule has 0 unspecified atom stereocenters. The minimum Gasteiger partial charge on any atom is -0.532 e. The van der Waals surface area contributed by atoms with Gasteiger partial charge in [-0.1, -0.05) is 6.07 Å². The number of rotatable bonds is 4. The van der Waals surface area contributed by atoms with Crippen LogP contribution in [0.5, 0.6) is 17.2 Å². The van der Waals surface area contributed by atoms with Crippen molar-refractivity contribution in [2.24, 2.45) is 0 Å². The van der Waals surface area contributed by atoms with Gasteiger partial charge in [0.2, 0.25) is 0 Å². The van der Waals surface area contributed by atoms with E-state index in [4.69, 9.17) is 19.2 Å². The molecule has 13 heavy (non-hydrogen) atoms. The molecule has 0 spiro atoms. The summed E-state index contributed by atoms with van der Waals surface area (Å²) in [7, 11) is 3.61. The summed E-state index contributed by atoms with van der Waals surface area (Å²) in [5.41, 5.74) is 0. The van der Waals surface area contributed by atoms with Crippen molar-refractivity contribution in [3.63, 3.8) is 0 Å². The highest BCUT2D eigenvalue weighted by molar-refractivity contribution is 6.17. The zero-order chi connectivity index (χ0) is 9.68. The summed E-state index contributed by atoms with van der Waals surface area (Å²) >= 11 is 0. The van der Waals surface area contributed by atoms with E-state index in [0.29, 0.717) is 24.9 Å². The van der Waals surface area contributed by atoms with E-state index in [9.17, 15) is 0 Å². The van der Waals surface area contributed by atoms with Crippen molar-refractivity contribution in [1.29, 1.82) is 0 Å². The molecule has 0 amide bonds. The van der Waals surface area contributed by atoms with E-state index >= 15 is 0 Å². The Balaban J connectivity index is 3.05. The van der Waals surface area contributed by atoms with E-state index in [2.05, 4.69) is 0 Å². The lowest BCUT2D eigenvalue weighted by Crippen LogP contribution is -2.03. The molecule has 0 saturated heterocycles. The van der Waals surface area contributed by atoms with Crippen molar-refractivity contribution in [1.82, 2.24) is 0 Å². The number of hydrogen-bond donors (Lipinski definition) is 1. The molecule has 1 aromatic carbocycles. The summed E-state index contributed by atoms with van der Waals surface area (Å²) in [5, 5.41) is 8.50. The molecule has 0 bridgehead atoms. The van der Waals surface area contributed by atoms with Gasteiger partial charge in [0.25, 0.3) is 0 Å². The molecule has 0 aliphatic rings. The third kappa shape index (κ3) is 2.06. The Bertz CT molecular complexity index is 255. The van der Waals surface area contributed by atoms with Crippen LogP contribution >= 0.6 is 0 Å². The highest BCUT2D eigenvalue weighted by Gasteiger charge is 2.10. The quantitative estimate of drug-likeness (QED) is 0.691. The van der Waals surface area contributed by atoms with Gasteiger partial charge in [-0.3, -0.25) is 0 Å². The van der Waals surface area contributed by atoms with Crippen LogP contribution in [0.3, 0.4) is 0 Å². The third-order valence-electron chi connectivity index (χ3n) is 1.55. The van der Waals surface area contributed by atoms with Gasteiger partial charge >= 0.3 is 7.69 Å². The van der Waals surface area contributed by atoms with Crippen LogP contribution in [0.4, 0.5) is 0 Å². The minimum atomic E-state index is 0.356. The number of benzene rings is 1. The minimum absolute atomic E-state index is 0.356. The van der Waals surface area contributed by atoms with Gasteiger partial charge in [0.1, 0.15) is 0 Å². The molecule has 0 heterocycles. The van der Waals surface area contributed by atoms with Crippen LogP contribution in [0, 0.1) is 0 Å². The molecular formula is C8H10BO4. The molecule has 0 aliphatic heterocycles. The van der Waals surface area contributed by atoms with Crippen molar-refractivity contribution in [2.45, 2.75) is 0 Å². The summed E-state index contributed by atoms with van der Waals surface area (Å²) in [4.78, 5) is 0. The number of hydrogen-bond acceptors (Lipinski definition) is 4. The van der Waals surface area contributed by atoms with Gasteiger partial charge in [0.05, 0.1) is 14.2 Å². The van der Waals surface area contributed by atoms with Crippen molar-refractivity contribution < 1.29 is 19.2 Å². The normalized spacial score (nSPS) is 9.15. The van der Waals surface area contributed by atoms with E-state index in [0.717, 1.165) is 0 Å². The van der Waals surface area contributed by atoms with Crippen LogP contribution in [0.15, 0.2) is 18.2 Å². The molecule has 1 N–H and O–H groups in total. The highest BCUT2D eigenvalue weighted by Crippen LogP contribution is 2.36. The fraction of sp³-hybridized carbons (Fsp3) is 0.250. The standard InChI is InChI=1S/C8H10BO4/c1-11-6-4-3-5-7(12-2)8(6)13-9-10/h3-5,10H,1-2H3. The van der Waals surface area contributed by atoms with Gasteiger partial charge < -0.3 is 19.2 Å². The lowest BCUT2D eigenvalue weighted by Gasteiger charge is -2.11. The Labute approximate surface area is 77.4 Å². The summed E-state index contributed by atoms with van der Waals surface area (Å²) in [6.07, 6.45) is 0. The van der Waals surface area contributed by atoms with E-state index in [1.54, 1.807) is 18.2 Å². The topological polar surface area (TPSA) is 47.9 Å². The molecular weight excluding hydrogens is 171 g/mol. The molecule has 0 fully saturated rings. The van der Waals surface area contributed by atoms with Gasteiger partial charge in [0.15, 0.2) is 17.2 Å². The number of para-hydroxylation sites is 1. The van der Waals surface area contributed by atoms with Gasteiger partial charge in [-0.25, -0.2) is 0 Å². The molecule has 5 heteroatoms. The third-order valence-corrected chi connectivity index (χ3v) is 1.55. The van der Waals surface area contributed by atoms with Crippen molar-refractivity contribution in [2.75, 3.05) is 14.2 Å². The predicted octanol–water partition coefficient (Wildman–Crippen LogP) is 0.609. The maximum atomic E-state index is 8.50. The van der Waals surface area contributed by atoms with Crippen LogP contribution < -0.4 is 14.1 Å². The molecule has 4 nitrogen and oxygen atoms in total. The molecule has 0 saturated carbocycles. The van der Waals surface area contributed by atoms with Crippen LogP contribution in [0.25, 0.3) is 0 Å². The summed E-state index contributed by atoms with van der Waals surface area (Å²) < 4.78 is 14.8.